The van der Waals surface area contributed by atoms with Gasteiger partial charge in [-0.2, -0.15) is 5.26 Å². The van der Waals surface area contributed by atoms with Gasteiger partial charge in [0, 0.05) is 6.54 Å². The fourth-order valence-electron chi connectivity index (χ4n) is 2.22. The number of aliphatic hydroxyl groups is 1. The van der Waals surface area contributed by atoms with E-state index in [1.165, 1.54) is 0 Å². The molecule has 90 valence electrons. The van der Waals surface area contributed by atoms with Gasteiger partial charge in [0.1, 0.15) is 0 Å². The van der Waals surface area contributed by atoms with Crippen molar-refractivity contribution in [2.45, 2.75) is 25.4 Å². The molecule has 4 heteroatoms. The summed E-state index contributed by atoms with van der Waals surface area (Å²) in [5.74, 6) is 0.511. The summed E-state index contributed by atoms with van der Waals surface area (Å²) in [6, 6.07) is 7.29. The lowest BCUT2D eigenvalue weighted by Crippen LogP contribution is -2.12. The van der Waals surface area contributed by atoms with E-state index in [0.717, 1.165) is 31.5 Å². The lowest BCUT2D eigenvalue weighted by atomic mass is 10.1. The van der Waals surface area contributed by atoms with Crippen LogP contribution in [0.15, 0.2) is 18.2 Å². The molecule has 0 spiro atoms. The molecule has 0 aliphatic heterocycles. The van der Waals surface area contributed by atoms with Crippen LogP contribution in [0.3, 0.4) is 0 Å². The maximum atomic E-state index is 9.43. The van der Waals surface area contributed by atoms with E-state index in [4.69, 9.17) is 16.9 Å². The Balaban J connectivity index is 1.93. The lowest BCUT2D eigenvalue weighted by Gasteiger charge is -2.13. The molecule has 1 aliphatic rings. The van der Waals surface area contributed by atoms with Crippen molar-refractivity contribution in [2.75, 3.05) is 11.9 Å². The predicted molar refractivity (Wildman–Crippen MR) is 68.0 cm³/mol. The van der Waals surface area contributed by atoms with Crippen molar-refractivity contribution in [2.24, 2.45) is 5.92 Å². The third-order valence-corrected chi connectivity index (χ3v) is 3.51. The van der Waals surface area contributed by atoms with Crippen molar-refractivity contribution >= 4 is 17.3 Å². The molecule has 2 rings (SSSR count). The molecule has 3 nitrogen and oxygen atoms in total. The molecule has 0 amide bonds. The molecule has 0 heterocycles. The molecule has 17 heavy (non-hydrogen) atoms. The number of nitriles is 1. The van der Waals surface area contributed by atoms with Gasteiger partial charge in [-0.1, -0.05) is 11.6 Å². The summed E-state index contributed by atoms with van der Waals surface area (Å²) >= 11 is 6.06. The average Bonchev–Trinajstić information content (AvgIpc) is 2.73. The zero-order valence-corrected chi connectivity index (χ0v) is 10.2. The summed E-state index contributed by atoms with van der Waals surface area (Å²) in [5.41, 5.74) is 1.42. The summed E-state index contributed by atoms with van der Waals surface area (Å²) in [7, 11) is 0. The van der Waals surface area contributed by atoms with Crippen LogP contribution in [0.1, 0.15) is 24.8 Å². The second kappa shape index (κ2) is 5.39. The SMILES string of the molecule is N#Cc1ccc(NCC2CCC(O)C2)c(Cl)c1. The standard InChI is InChI=1S/C13H15ClN2O/c14-12-6-9(7-15)2-4-13(12)16-8-10-1-3-11(17)5-10/h2,4,6,10-11,16-17H,1,3,5,8H2. The van der Waals surface area contributed by atoms with Crippen molar-refractivity contribution in [3.63, 3.8) is 0 Å². The molecule has 0 saturated heterocycles. The summed E-state index contributed by atoms with van der Waals surface area (Å²) in [5, 5.41) is 22.0. The first kappa shape index (κ1) is 12.2. The van der Waals surface area contributed by atoms with Gasteiger partial charge in [-0.25, -0.2) is 0 Å². The molecule has 1 aromatic carbocycles. The van der Waals surface area contributed by atoms with Gasteiger partial charge in [-0.05, 0) is 43.4 Å². The second-order valence-electron chi connectivity index (χ2n) is 4.52. The Hall–Kier alpha value is -1.24. The van der Waals surface area contributed by atoms with E-state index in [-0.39, 0.29) is 6.10 Å². The Labute approximate surface area is 106 Å². The predicted octanol–water partition coefficient (Wildman–Crippen LogP) is 2.78. The van der Waals surface area contributed by atoms with Gasteiger partial charge < -0.3 is 10.4 Å². The van der Waals surface area contributed by atoms with Crippen LogP contribution in [0.4, 0.5) is 5.69 Å². The summed E-state index contributed by atoms with van der Waals surface area (Å²) in [6.45, 7) is 0.822. The molecule has 1 aromatic rings. The zero-order valence-electron chi connectivity index (χ0n) is 9.49. The van der Waals surface area contributed by atoms with E-state index in [2.05, 4.69) is 11.4 Å². The Morgan fingerprint density at radius 3 is 2.88 bits per heavy atom. The number of aliphatic hydroxyl groups excluding tert-OH is 1. The fourth-order valence-corrected chi connectivity index (χ4v) is 2.46. The Bertz CT molecular complexity index is 442. The van der Waals surface area contributed by atoms with Crippen LogP contribution in [0.25, 0.3) is 0 Å². The molecule has 1 saturated carbocycles. The first-order valence-corrected chi connectivity index (χ1v) is 6.18. The number of halogens is 1. The normalized spacial score (nSPS) is 23.4. The van der Waals surface area contributed by atoms with Crippen LogP contribution in [0.5, 0.6) is 0 Å². The number of nitrogens with zero attached hydrogens (tertiary/aromatic N) is 1. The molecule has 2 N–H and O–H groups in total. The zero-order chi connectivity index (χ0) is 12.3. The van der Waals surface area contributed by atoms with Gasteiger partial charge in [0.2, 0.25) is 0 Å². The quantitative estimate of drug-likeness (QED) is 0.867. The van der Waals surface area contributed by atoms with E-state index in [9.17, 15) is 5.11 Å². The highest BCUT2D eigenvalue weighted by Crippen LogP contribution is 2.27. The summed E-state index contributed by atoms with van der Waals surface area (Å²) < 4.78 is 0. The van der Waals surface area contributed by atoms with Gasteiger partial charge in [0.25, 0.3) is 0 Å². The number of hydrogen-bond acceptors (Lipinski definition) is 3. The Morgan fingerprint density at radius 2 is 2.29 bits per heavy atom. The maximum Gasteiger partial charge on any atom is 0.0992 e. The number of hydrogen-bond donors (Lipinski definition) is 2. The number of rotatable bonds is 3. The third-order valence-electron chi connectivity index (χ3n) is 3.19. The highest BCUT2D eigenvalue weighted by molar-refractivity contribution is 6.33. The van der Waals surface area contributed by atoms with Crippen molar-refractivity contribution in [1.29, 1.82) is 5.26 Å². The number of benzene rings is 1. The summed E-state index contributed by atoms with van der Waals surface area (Å²) in [6.07, 6.45) is 2.68. The topological polar surface area (TPSA) is 56.0 Å². The van der Waals surface area contributed by atoms with Crippen LogP contribution in [-0.4, -0.2) is 17.8 Å². The largest absolute Gasteiger partial charge is 0.393 e. The lowest BCUT2D eigenvalue weighted by molar-refractivity contribution is 0.178. The monoisotopic (exact) mass is 250 g/mol. The molecule has 1 fully saturated rings. The first-order chi connectivity index (χ1) is 8.19. The minimum atomic E-state index is -0.141. The third kappa shape index (κ3) is 3.12. The Kier molecular flexibility index (Phi) is 3.88. The van der Waals surface area contributed by atoms with Crippen molar-refractivity contribution in [1.82, 2.24) is 0 Å². The molecule has 1 aliphatic carbocycles. The molecular weight excluding hydrogens is 236 g/mol. The second-order valence-corrected chi connectivity index (χ2v) is 4.93. The molecule has 0 aromatic heterocycles. The van der Waals surface area contributed by atoms with Gasteiger partial charge in [0.15, 0.2) is 0 Å². The van der Waals surface area contributed by atoms with Crippen LogP contribution in [-0.2, 0) is 0 Å². The highest BCUT2D eigenvalue weighted by Gasteiger charge is 2.22. The van der Waals surface area contributed by atoms with Gasteiger partial charge in [-0.3, -0.25) is 0 Å². The van der Waals surface area contributed by atoms with E-state index in [1.54, 1.807) is 12.1 Å². The van der Waals surface area contributed by atoms with E-state index < -0.39 is 0 Å². The van der Waals surface area contributed by atoms with Gasteiger partial charge in [-0.15, -0.1) is 0 Å². The van der Waals surface area contributed by atoms with Crippen LogP contribution in [0.2, 0.25) is 5.02 Å². The highest BCUT2D eigenvalue weighted by atomic mass is 35.5. The van der Waals surface area contributed by atoms with E-state index in [1.807, 2.05) is 6.07 Å². The van der Waals surface area contributed by atoms with Gasteiger partial charge >= 0.3 is 0 Å². The Morgan fingerprint density at radius 1 is 1.47 bits per heavy atom. The smallest absolute Gasteiger partial charge is 0.0992 e. The first-order valence-electron chi connectivity index (χ1n) is 5.80. The van der Waals surface area contributed by atoms with Crippen molar-refractivity contribution < 1.29 is 5.11 Å². The molecule has 2 unspecified atom stereocenters. The molecule has 2 atom stereocenters. The van der Waals surface area contributed by atoms with E-state index >= 15 is 0 Å². The van der Waals surface area contributed by atoms with Crippen LogP contribution < -0.4 is 5.32 Å². The molecular formula is C13H15ClN2O. The minimum absolute atomic E-state index is 0.141. The fraction of sp³-hybridized carbons (Fsp3) is 0.462. The average molecular weight is 251 g/mol. The van der Waals surface area contributed by atoms with Crippen LogP contribution in [0, 0.1) is 17.2 Å². The number of nitrogens with one attached hydrogen (secondary N) is 1. The van der Waals surface area contributed by atoms with Gasteiger partial charge in [0.05, 0.1) is 28.4 Å². The summed E-state index contributed by atoms with van der Waals surface area (Å²) in [4.78, 5) is 0. The minimum Gasteiger partial charge on any atom is -0.393 e. The van der Waals surface area contributed by atoms with E-state index in [0.29, 0.717) is 16.5 Å². The number of anilines is 1. The van der Waals surface area contributed by atoms with Crippen LogP contribution >= 0.6 is 11.6 Å². The van der Waals surface area contributed by atoms with Crippen molar-refractivity contribution in [3.05, 3.63) is 28.8 Å². The maximum absolute atomic E-state index is 9.43. The molecule has 0 bridgehead atoms. The molecule has 0 radical (unpaired) electrons. The van der Waals surface area contributed by atoms with Crippen molar-refractivity contribution in [3.8, 4) is 6.07 Å².